The molecular weight excluding hydrogens is 320 g/mol. The van der Waals surface area contributed by atoms with Gasteiger partial charge >= 0.3 is 0 Å². The molecule has 1 amide bonds. The van der Waals surface area contributed by atoms with Crippen LogP contribution in [0.3, 0.4) is 0 Å². The van der Waals surface area contributed by atoms with E-state index in [0.29, 0.717) is 18.0 Å². The van der Waals surface area contributed by atoms with E-state index in [-0.39, 0.29) is 24.0 Å². The van der Waals surface area contributed by atoms with Gasteiger partial charge in [-0.05, 0) is 32.0 Å². The number of nitrogens with one attached hydrogen (secondary N) is 1. The third-order valence-electron chi connectivity index (χ3n) is 3.44. The lowest BCUT2D eigenvalue weighted by atomic mass is 10.1. The molecule has 0 spiro atoms. The highest BCUT2D eigenvalue weighted by Crippen LogP contribution is 2.38. The van der Waals surface area contributed by atoms with Gasteiger partial charge in [-0.25, -0.2) is 13.1 Å². The van der Waals surface area contributed by atoms with Gasteiger partial charge in [0.2, 0.25) is 15.9 Å². The van der Waals surface area contributed by atoms with Gasteiger partial charge in [-0.3, -0.25) is 4.79 Å². The molecule has 7 nitrogen and oxygen atoms in total. The summed E-state index contributed by atoms with van der Waals surface area (Å²) in [6.45, 7) is 6.02. The maximum absolute atomic E-state index is 12.3. The average Bonchev–Trinajstić information content (AvgIpc) is 2.45. The van der Waals surface area contributed by atoms with Crippen LogP contribution in [0, 0.1) is 0 Å². The molecule has 1 aliphatic heterocycles. The Labute approximate surface area is 136 Å². The fourth-order valence-corrected chi connectivity index (χ4v) is 3.43. The molecule has 0 aliphatic carbocycles. The minimum absolute atomic E-state index is 0.0851. The zero-order valence-electron chi connectivity index (χ0n) is 13.8. The first-order valence-corrected chi connectivity index (χ1v) is 8.74. The van der Waals surface area contributed by atoms with Crippen LogP contribution < -0.4 is 14.4 Å². The minimum Gasteiger partial charge on any atom is -0.484 e. The van der Waals surface area contributed by atoms with E-state index in [0.717, 1.165) is 0 Å². The molecular formula is C15H22N2O5S. The number of carbonyl (C=O) groups is 1. The predicted octanol–water partition coefficient (Wildman–Crippen LogP) is 1.14. The topological polar surface area (TPSA) is 84.9 Å². The lowest BCUT2D eigenvalue weighted by molar-refractivity contribution is -0.117. The van der Waals surface area contributed by atoms with E-state index in [9.17, 15) is 13.2 Å². The first kappa shape index (κ1) is 17.7. The van der Waals surface area contributed by atoms with Gasteiger partial charge in [0, 0.05) is 20.6 Å². The second kappa shape index (κ2) is 6.46. The van der Waals surface area contributed by atoms with Crippen molar-refractivity contribution in [2.24, 2.45) is 0 Å². The van der Waals surface area contributed by atoms with Crippen LogP contribution in [0.4, 0.5) is 5.69 Å². The van der Waals surface area contributed by atoms with Crippen LogP contribution in [0.2, 0.25) is 0 Å². The van der Waals surface area contributed by atoms with E-state index in [1.807, 2.05) is 13.8 Å². The van der Waals surface area contributed by atoms with E-state index < -0.39 is 15.6 Å². The van der Waals surface area contributed by atoms with E-state index >= 15 is 0 Å². The number of ether oxygens (including phenoxy) is 2. The number of carbonyl (C=O) groups excluding carboxylic acids is 1. The Kier molecular flexibility index (Phi) is 4.98. The number of methoxy groups -OCH3 is 1. The van der Waals surface area contributed by atoms with Crippen LogP contribution in [0.1, 0.15) is 20.8 Å². The Balaban J connectivity index is 2.38. The molecule has 1 aliphatic rings. The summed E-state index contributed by atoms with van der Waals surface area (Å²) in [4.78, 5) is 13.5. The van der Waals surface area contributed by atoms with Gasteiger partial charge in [-0.2, -0.15) is 0 Å². The molecule has 0 saturated carbocycles. The predicted molar refractivity (Wildman–Crippen MR) is 86.2 cm³/mol. The van der Waals surface area contributed by atoms with E-state index in [2.05, 4.69) is 4.72 Å². The molecule has 23 heavy (non-hydrogen) atoms. The van der Waals surface area contributed by atoms with Crippen molar-refractivity contribution in [1.82, 2.24) is 4.72 Å². The van der Waals surface area contributed by atoms with Gasteiger partial charge in [-0.15, -0.1) is 0 Å². The molecule has 0 unspecified atom stereocenters. The van der Waals surface area contributed by atoms with Gasteiger partial charge in [0.1, 0.15) is 11.4 Å². The minimum atomic E-state index is -3.67. The molecule has 1 aromatic carbocycles. The Hall–Kier alpha value is -1.64. The number of sulfonamides is 1. The van der Waals surface area contributed by atoms with Crippen molar-refractivity contribution < 1.29 is 22.7 Å². The Morgan fingerprint density at radius 3 is 2.74 bits per heavy atom. The number of nitrogens with zero attached hydrogens (tertiary/aromatic N) is 1. The molecule has 0 saturated heterocycles. The number of rotatable bonds is 5. The third kappa shape index (κ3) is 4.01. The van der Waals surface area contributed by atoms with Crippen LogP contribution in [-0.4, -0.2) is 46.7 Å². The molecule has 1 aromatic rings. The largest absolute Gasteiger partial charge is 0.484 e. The third-order valence-corrected chi connectivity index (χ3v) is 4.89. The second-order valence-corrected chi connectivity index (χ2v) is 7.75. The van der Waals surface area contributed by atoms with E-state index in [4.69, 9.17) is 9.47 Å². The molecule has 0 radical (unpaired) electrons. The van der Waals surface area contributed by atoms with Gasteiger partial charge in [-0.1, -0.05) is 0 Å². The first-order valence-electron chi connectivity index (χ1n) is 7.26. The average molecular weight is 342 g/mol. The lowest BCUT2D eigenvalue weighted by Gasteiger charge is -2.39. The highest BCUT2D eigenvalue weighted by atomic mass is 32.2. The van der Waals surface area contributed by atoms with Crippen LogP contribution in [0.5, 0.6) is 5.75 Å². The number of hydrogen-bond donors (Lipinski definition) is 1. The van der Waals surface area contributed by atoms with Crippen LogP contribution in [0.25, 0.3) is 0 Å². The number of benzene rings is 1. The van der Waals surface area contributed by atoms with Crippen LogP contribution in [0.15, 0.2) is 23.1 Å². The Bertz CT molecular complexity index is 700. The van der Waals surface area contributed by atoms with Crippen molar-refractivity contribution in [1.29, 1.82) is 0 Å². The maximum atomic E-state index is 12.3. The van der Waals surface area contributed by atoms with Crippen molar-refractivity contribution in [2.75, 3.05) is 31.7 Å². The standard InChI is InChI=1S/C15H22N2O5S/c1-11(18)17-10-15(2,3)22-14-6-5-12(9-13(14)17)23(19,20)16-7-8-21-4/h5-6,9,16H,7-8,10H2,1-4H3. The van der Waals surface area contributed by atoms with Gasteiger partial charge in [0.25, 0.3) is 0 Å². The van der Waals surface area contributed by atoms with Gasteiger partial charge in [0.05, 0.1) is 23.7 Å². The number of anilines is 1. The summed E-state index contributed by atoms with van der Waals surface area (Å²) in [7, 11) is -2.17. The summed E-state index contributed by atoms with van der Waals surface area (Å²) >= 11 is 0. The monoisotopic (exact) mass is 342 g/mol. The SMILES string of the molecule is COCCNS(=O)(=O)c1ccc2c(c1)N(C(C)=O)CC(C)(C)O2. The first-order chi connectivity index (χ1) is 10.7. The molecule has 128 valence electrons. The van der Waals surface area contributed by atoms with Crippen molar-refractivity contribution in [2.45, 2.75) is 31.3 Å². The summed E-state index contributed by atoms with van der Waals surface area (Å²) in [5, 5.41) is 0. The molecule has 0 bridgehead atoms. The number of fused-ring (bicyclic) bond motifs is 1. The highest BCUT2D eigenvalue weighted by Gasteiger charge is 2.34. The molecule has 0 aromatic heterocycles. The van der Waals surface area contributed by atoms with Crippen molar-refractivity contribution in [3.05, 3.63) is 18.2 Å². The number of amides is 1. The lowest BCUT2D eigenvalue weighted by Crippen LogP contribution is -2.48. The fourth-order valence-electron chi connectivity index (χ4n) is 2.40. The van der Waals surface area contributed by atoms with Gasteiger partial charge < -0.3 is 14.4 Å². The molecule has 0 fully saturated rings. The molecule has 8 heteroatoms. The maximum Gasteiger partial charge on any atom is 0.240 e. The zero-order valence-corrected chi connectivity index (χ0v) is 14.6. The Morgan fingerprint density at radius 1 is 1.43 bits per heavy atom. The van der Waals surface area contributed by atoms with Crippen LogP contribution in [-0.2, 0) is 19.6 Å². The van der Waals surface area contributed by atoms with E-state index in [1.165, 1.54) is 31.1 Å². The summed E-state index contributed by atoms with van der Waals surface area (Å²) in [6.07, 6.45) is 0. The van der Waals surface area contributed by atoms with Crippen molar-refractivity contribution in [3.8, 4) is 5.75 Å². The Morgan fingerprint density at radius 2 is 2.13 bits per heavy atom. The second-order valence-electron chi connectivity index (χ2n) is 5.99. The summed E-state index contributed by atoms with van der Waals surface area (Å²) in [6, 6.07) is 4.51. The normalized spacial score (nSPS) is 16.6. The number of hydrogen-bond acceptors (Lipinski definition) is 5. The molecule has 1 heterocycles. The summed E-state index contributed by atoms with van der Waals surface area (Å²) in [5.74, 6) is 0.330. The van der Waals surface area contributed by atoms with Crippen molar-refractivity contribution in [3.63, 3.8) is 0 Å². The fraction of sp³-hybridized carbons (Fsp3) is 0.533. The quantitative estimate of drug-likeness (QED) is 0.811. The summed E-state index contributed by atoms with van der Waals surface area (Å²) in [5.41, 5.74) is -0.0677. The smallest absolute Gasteiger partial charge is 0.240 e. The van der Waals surface area contributed by atoms with E-state index in [1.54, 1.807) is 6.07 Å². The molecule has 0 atom stereocenters. The summed E-state index contributed by atoms with van der Waals surface area (Å²) < 4.78 is 37.7. The van der Waals surface area contributed by atoms with Crippen LogP contribution >= 0.6 is 0 Å². The van der Waals surface area contributed by atoms with Gasteiger partial charge in [0.15, 0.2) is 0 Å². The van der Waals surface area contributed by atoms with Crippen molar-refractivity contribution >= 4 is 21.6 Å². The molecule has 2 rings (SSSR count). The highest BCUT2D eigenvalue weighted by molar-refractivity contribution is 7.89. The zero-order chi connectivity index (χ0) is 17.3. The molecule has 1 N–H and O–H groups in total.